The van der Waals surface area contributed by atoms with E-state index in [1.807, 2.05) is 128 Å². The van der Waals surface area contributed by atoms with E-state index in [0.717, 1.165) is 82.3 Å². The first kappa shape index (κ1) is 43.0. The fraction of sp³-hybridized carbons (Fsp3) is 0.455. The fourth-order valence-corrected chi connectivity index (χ4v) is 7.34. The number of amides is 3. The summed E-state index contributed by atoms with van der Waals surface area (Å²) in [5, 5.41) is 3.54. The van der Waals surface area contributed by atoms with Gasteiger partial charge in [-0.2, -0.15) is 0 Å². The van der Waals surface area contributed by atoms with Gasteiger partial charge in [0.25, 0.3) is 5.91 Å². The van der Waals surface area contributed by atoms with Gasteiger partial charge in [0.15, 0.2) is 5.13 Å². The quantitative estimate of drug-likeness (QED) is 0.161. The summed E-state index contributed by atoms with van der Waals surface area (Å²) in [7, 11) is 0. The largest absolute Gasteiger partial charge is 0.494 e. The van der Waals surface area contributed by atoms with E-state index in [0.29, 0.717) is 31.4 Å². The first-order valence-corrected chi connectivity index (χ1v) is 20.5. The molecule has 4 aromatic rings. The van der Waals surface area contributed by atoms with Crippen LogP contribution in [0.4, 0.5) is 15.6 Å². The highest BCUT2D eigenvalue weighted by molar-refractivity contribution is 7.16. The third-order valence-corrected chi connectivity index (χ3v) is 9.97. The lowest BCUT2D eigenvalue weighted by molar-refractivity contribution is -0.115. The molecule has 2 aliphatic heterocycles. The summed E-state index contributed by atoms with van der Waals surface area (Å²) < 4.78 is 11.5. The number of thiazole rings is 1. The van der Waals surface area contributed by atoms with Gasteiger partial charge in [-0.25, -0.2) is 9.78 Å². The Labute approximate surface area is 331 Å². The maximum atomic E-state index is 13.3. The topological polar surface area (TPSA) is 104 Å². The molecular formula is C44H59N5O5S. The number of hydrogen-bond donors (Lipinski definition) is 1. The summed E-state index contributed by atoms with van der Waals surface area (Å²) in [4.78, 5) is 50.4. The Bertz CT molecular complexity index is 1890. The van der Waals surface area contributed by atoms with Crippen LogP contribution < -0.4 is 15.0 Å². The fourth-order valence-electron chi connectivity index (χ4n) is 6.49. The van der Waals surface area contributed by atoms with Crippen LogP contribution in [-0.4, -0.2) is 84.2 Å². The molecule has 6 rings (SSSR count). The number of carbonyl (C=O) groups excluding carboxylic acids is 3. The molecule has 10 nitrogen and oxygen atoms in total. The molecule has 1 N–H and O–H groups in total. The molecule has 3 amide bonds. The molecule has 296 valence electrons. The van der Waals surface area contributed by atoms with Crippen LogP contribution in [0.5, 0.6) is 5.75 Å². The zero-order valence-electron chi connectivity index (χ0n) is 34.2. The van der Waals surface area contributed by atoms with Gasteiger partial charge < -0.3 is 24.6 Å². The van der Waals surface area contributed by atoms with Crippen molar-refractivity contribution < 1.29 is 23.9 Å². The number of hydrogen-bond acceptors (Lipinski definition) is 8. The molecule has 0 radical (unpaired) electrons. The van der Waals surface area contributed by atoms with Crippen molar-refractivity contribution in [3.63, 3.8) is 0 Å². The van der Waals surface area contributed by atoms with Crippen LogP contribution in [0, 0.1) is 13.8 Å². The van der Waals surface area contributed by atoms with Crippen LogP contribution in [0.1, 0.15) is 86.8 Å². The Hall–Kier alpha value is -4.74. The minimum atomic E-state index is -0.487. The number of piperazine rings is 1. The molecule has 0 atom stereocenters. The molecule has 1 fully saturated rings. The minimum Gasteiger partial charge on any atom is -0.494 e. The molecule has 0 spiro atoms. The minimum absolute atomic E-state index is 0.0233. The van der Waals surface area contributed by atoms with Crippen LogP contribution in [0.2, 0.25) is 0 Å². The van der Waals surface area contributed by atoms with Crippen molar-refractivity contribution in [2.45, 2.75) is 87.2 Å². The summed E-state index contributed by atoms with van der Waals surface area (Å²) in [6.45, 7) is 22.7. The lowest BCUT2D eigenvalue weighted by atomic mass is 10.0. The summed E-state index contributed by atoms with van der Waals surface area (Å²) in [5.74, 6) is 0.616. The van der Waals surface area contributed by atoms with Gasteiger partial charge in [0.05, 0.1) is 18.7 Å². The zero-order valence-corrected chi connectivity index (χ0v) is 35.0. The van der Waals surface area contributed by atoms with E-state index in [1.165, 1.54) is 11.3 Å². The maximum absolute atomic E-state index is 13.3. The normalized spacial score (nSPS) is 13.8. The second-order valence-electron chi connectivity index (χ2n) is 14.2. The first-order chi connectivity index (χ1) is 26.4. The molecule has 0 aliphatic carbocycles. The van der Waals surface area contributed by atoms with E-state index in [1.54, 1.807) is 4.90 Å². The van der Waals surface area contributed by atoms with Crippen molar-refractivity contribution in [3.05, 3.63) is 93.9 Å². The first-order valence-electron chi connectivity index (χ1n) is 19.6. The molecule has 0 saturated carbocycles. The van der Waals surface area contributed by atoms with E-state index < -0.39 is 5.60 Å². The standard InChI is InChI=1S/C40H47N5O5S.2C2H6/c1-27-10-6-7-13-33(27)37(47)45-18-16-30-26-31(14-15-34(30)45)36-28(2)51-38(42-36)41-35(46)25-29-11-8-12-32(24-29)49-23-9-17-43-19-21-44(22-20-43)39(48)50-40(3,4)5;2*1-2/h6-8,10-15,24,26H,9,16-23,25H2,1-5H3,(H,41,42,46);2*1-2H3. The van der Waals surface area contributed by atoms with Crippen molar-refractivity contribution in [2.75, 3.05) is 56.1 Å². The Morgan fingerprint density at radius 2 is 1.60 bits per heavy atom. The molecule has 2 aliphatic rings. The molecular weight excluding hydrogens is 711 g/mol. The second-order valence-corrected chi connectivity index (χ2v) is 15.4. The zero-order chi connectivity index (χ0) is 40.1. The van der Waals surface area contributed by atoms with Crippen molar-refractivity contribution in [1.29, 1.82) is 0 Å². The molecule has 1 saturated heterocycles. The molecule has 1 aromatic heterocycles. The number of nitrogens with zero attached hydrogens (tertiary/aromatic N) is 4. The van der Waals surface area contributed by atoms with Gasteiger partial charge in [0, 0.05) is 61.0 Å². The van der Waals surface area contributed by atoms with Gasteiger partial charge in [-0.15, -0.1) is 11.3 Å². The summed E-state index contributed by atoms with van der Waals surface area (Å²) >= 11 is 1.46. The van der Waals surface area contributed by atoms with Crippen LogP contribution in [0.15, 0.2) is 66.7 Å². The van der Waals surface area contributed by atoms with E-state index in [9.17, 15) is 14.4 Å². The highest BCUT2D eigenvalue weighted by Crippen LogP contribution is 2.36. The Morgan fingerprint density at radius 1 is 0.873 bits per heavy atom. The van der Waals surface area contributed by atoms with Crippen molar-refractivity contribution in [3.8, 4) is 17.0 Å². The van der Waals surface area contributed by atoms with Crippen molar-refractivity contribution >= 4 is 40.1 Å². The predicted octanol–water partition coefficient (Wildman–Crippen LogP) is 9.19. The van der Waals surface area contributed by atoms with Crippen molar-refractivity contribution in [2.24, 2.45) is 0 Å². The predicted molar refractivity (Wildman–Crippen MR) is 225 cm³/mol. The van der Waals surface area contributed by atoms with E-state index in [-0.39, 0.29) is 24.3 Å². The number of anilines is 2. The molecule has 0 bridgehead atoms. The summed E-state index contributed by atoms with van der Waals surface area (Å²) in [6.07, 6.45) is 1.60. The van der Waals surface area contributed by atoms with Gasteiger partial charge in [-0.3, -0.25) is 14.5 Å². The lowest BCUT2D eigenvalue weighted by Crippen LogP contribution is -2.50. The third-order valence-electron chi connectivity index (χ3n) is 9.09. The van der Waals surface area contributed by atoms with Crippen LogP contribution in [-0.2, 0) is 22.4 Å². The number of rotatable bonds is 10. The number of aryl methyl sites for hydroxylation is 2. The van der Waals surface area contributed by atoms with Gasteiger partial charge in [0.2, 0.25) is 5.91 Å². The highest BCUT2D eigenvalue weighted by Gasteiger charge is 2.28. The van der Waals surface area contributed by atoms with Gasteiger partial charge in [-0.1, -0.05) is 64.1 Å². The average molecular weight is 770 g/mol. The Morgan fingerprint density at radius 3 is 2.31 bits per heavy atom. The summed E-state index contributed by atoms with van der Waals surface area (Å²) in [5.41, 5.74) is 5.94. The van der Waals surface area contributed by atoms with Crippen LogP contribution >= 0.6 is 11.3 Å². The Kier molecular flexibility index (Phi) is 15.8. The molecule has 55 heavy (non-hydrogen) atoms. The number of aromatic nitrogens is 1. The van der Waals surface area contributed by atoms with Crippen LogP contribution in [0.3, 0.4) is 0 Å². The van der Waals surface area contributed by atoms with E-state index in [2.05, 4.69) is 16.3 Å². The second kappa shape index (κ2) is 20.3. The number of benzene rings is 3. The van der Waals surface area contributed by atoms with Crippen LogP contribution in [0.25, 0.3) is 11.3 Å². The number of carbonyl (C=O) groups is 3. The Balaban J connectivity index is 0.00000163. The molecule has 0 unspecified atom stereocenters. The smallest absolute Gasteiger partial charge is 0.410 e. The highest BCUT2D eigenvalue weighted by atomic mass is 32.1. The van der Waals surface area contributed by atoms with Gasteiger partial charge >= 0.3 is 6.09 Å². The number of fused-ring (bicyclic) bond motifs is 1. The number of ether oxygens (including phenoxy) is 2. The van der Waals surface area contributed by atoms with E-state index in [4.69, 9.17) is 14.5 Å². The lowest BCUT2D eigenvalue weighted by Gasteiger charge is -2.35. The molecule has 3 heterocycles. The summed E-state index contributed by atoms with van der Waals surface area (Å²) in [6, 6.07) is 21.5. The monoisotopic (exact) mass is 769 g/mol. The average Bonchev–Trinajstić information content (AvgIpc) is 3.77. The molecule has 3 aromatic carbocycles. The van der Waals surface area contributed by atoms with E-state index >= 15 is 0 Å². The van der Waals surface area contributed by atoms with Crippen molar-refractivity contribution in [1.82, 2.24) is 14.8 Å². The SMILES string of the molecule is CC.CC.Cc1ccccc1C(=O)N1CCc2cc(-c3nc(NC(=O)Cc4cccc(OCCCN5CCN(C(=O)OC(C)(C)C)CC5)c4)sc3C)ccc21. The van der Waals surface area contributed by atoms with Gasteiger partial charge in [-0.05, 0) is 94.5 Å². The molecule has 11 heteroatoms. The van der Waals surface area contributed by atoms with Gasteiger partial charge in [0.1, 0.15) is 11.4 Å². The third kappa shape index (κ3) is 11.9. The maximum Gasteiger partial charge on any atom is 0.410 e. The number of nitrogens with one attached hydrogen (secondary N) is 1.